The van der Waals surface area contributed by atoms with Gasteiger partial charge < -0.3 is 24.3 Å². The second kappa shape index (κ2) is 8.81. The topological polar surface area (TPSA) is 49.0 Å². The molecule has 0 aliphatic rings. The van der Waals surface area contributed by atoms with E-state index in [1.807, 2.05) is 12.1 Å². The molecule has 26 heavy (non-hydrogen) atoms. The number of benzene rings is 2. The Morgan fingerprint density at radius 3 is 1.69 bits per heavy atom. The fraction of sp³-hybridized carbons (Fsp3) is 0.429. The van der Waals surface area contributed by atoms with Crippen molar-refractivity contribution in [2.24, 2.45) is 0 Å². The maximum Gasteiger partial charge on any atom is 0.203 e. The van der Waals surface area contributed by atoms with Crippen molar-refractivity contribution in [2.75, 3.05) is 28.4 Å². The first kappa shape index (κ1) is 19.9. The van der Waals surface area contributed by atoms with Crippen molar-refractivity contribution >= 4 is 0 Å². The lowest BCUT2D eigenvalue weighted by atomic mass is 10.0. The summed E-state index contributed by atoms with van der Waals surface area (Å²) >= 11 is 0. The van der Waals surface area contributed by atoms with Gasteiger partial charge >= 0.3 is 0 Å². The molecule has 0 aliphatic heterocycles. The smallest absolute Gasteiger partial charge is 0.203 e. The van der Waals surface area contributed by atoms with Gasteiger partial charge in [0.25, 0.3) is 0 Å². The molecule has 1 atom stereocenters. The highest BCUT2D eigenvalue weighted by Gasteiger charge is 2.16. The van der Waals surface area contributed by atoms with Crippen LogP contribution in [0, 0.1) is 13.8 Å². The molecule has 0 saturated carbocycles. The standard InChI is InChI=1S/C21H29NO4/c1-13-8-16(9-14(2)20(13)25-6)12-22-15(3)17-10-18(23-4)21(26-7)19(11-17)24-5/h8-11,15,22H,12H2,1-7H3/t15-/m1/s1. The van der Waals surface area contributed by atoms with Gasteiger partial charge in [-0.25, -0.2) is 0 Å². The molecule has 5 nitrogen and oxygen atoms in total. The maximum atomic E-state index is 5.44. The molecule has 5 heteroatoms. The number of rotatable bonds is 8. The molecule has 142 valence electrons. The first-order valence-corrected chi connectivity index (χ1v) is 8.62. The van der Waals surface area contributed by atoms with E-state index in [0.717, 1.165) is 29.0 Å². The molecule has 0 saturated heterocycles. The van der Waals surface area contributed by atoms with Gasteiger partial charge in [0.15, 0.2) is 11.5 Å². The lowest BCUT2D eigenvalue weighted by Gasteiger charge is -2.19. The van der Waals surface area contributed by atoms with E-state index < -0.39 is 0 Å². The van der Waals surface area contributed by atoms with Gasteiger partial charge in [0.05, 0.1) is 28.4 Å². The lowest BCUT2D eigenvalue weighted by molar-refractivity contribution is 0.323. The van der Waals surface area contributed by atoms with Gasteiger partial charge in [-0.3, -0.25) is 0 Å². The fourth-order valence-corrected chi connectivity index (χ4v) is 3.20. The van der Waals surface area contributed by atoms with E-state index in [2.05, 4.69) is 38.2 Å². The molecular weight excluding hydrogens is 330 g/mol. The molecule has 0 unspecified atom stereocenters. The molecule has 0 spiro atoms. The van der Waals surface area contributed by atoms with Gasteiger partial charge in [-0.1, -0.05) is 12.1 Å². The van der Waals surface area contributed by atoms with Gasteiger partial charge in [-0.05, 0) is 55.2 Å². The van der Waals surface area contributed by atoms with E-state index in [9.17, 15) is 0 Å². The van der Waals surface area contributed by atoms with Crippen molar-refractivity contribution in [3.8, 4) is 23.0 Å². The van der Waals surface area contributed by atoms with Crippen LogP contribution >= 0.6 is 0 Å². The molecule has 0 aromatic heterocycles. The quantitative estimate of drug-likeness (QED) is 0.766. The largest absolute Gasteiger partial charge is 0.496 e. The Morgan fingerprint density at radius 2 is 1.27 bits per heavy atom. The van der Waals surface area contributed by atoms with Crippen molar-refractivity contribution in [2.45, 2.75) is 33.4 Å². The predicted molar refractivity (Wildman–Crippen MR) is 104 cm³/mol. The third-order valence-electron chi connectivity index (χ3n) is 4.52. The molecule has 0 amide bonds. The van der Waals surface area contributed by atoms with Crippen LogP contribution in [0.15, 0.2) is 24.3 Å². The van der Waals surface area contributed by atoms with Crippen molar-refractivity contribution in [3.63, 3.8) is 0 Å². The molecule has 2 aromatic rings. The summed E-state index contributed by atoms with van der Waals surface area (Å²) in [5.41, 5.74) is 4.58. The molecule has 0 fully saturated rings. The van der Waals surface area contributed by atoms with Crippen LogP contribution in [0.25, 0.3) is 0 Å². The molecular formula is C21H29NO4. The summed E-state index contributed by atoms with van der Waals surface area (Å²) in [5, 5.41) is 3.55. The summed E-state index contributed by atoms with van der Waals surface area (Å²) in [6.07, 6.45) is 0. The second-order valence-corrected chi connectivity index (χ2v) is 6.32. The zero-order chi connectivity index (χ0) is 19.3. The van der Waals surface area contributed by atoms with E-state index in [0.29, 0.717) is 17.2 Å². The number of ether oxygens (including phenoxy) is 4. The second-order valence-electron chi connectivity index (χ2n) is 6.32. The predicted octanol–water partition coefficient (Wildman–Crippen LogP) is 4.19. The molecule has 0 bridgehead atoms. The van der Waals surface area contributed by atoms with Crippen LogP contribution in [-0.4, -0.2) is 28.4 Å². The normalized spacial score (nSPS) is 11.8. The van der Waals surface area contributed by atoms with Crippen LogP contribution in [0.4, 0.5) is 0 Å². The van der Waals surface area contributed by atoms with Crippen molar-refractivity contribution in [3.05, 3.63) is 46.5 Å². The van der Waals surface area contributed by atoms with Gasteiger partial charge in [0.1, 0.15) is 5.75 Å². The molecule has 0 heterocycles. The SMILES string of the molecule is COc1cc([C@@H](C)NCc2cc(C)c(OC)c(C)c2)cc(OC)c1OC. The Bertz CT molecular complexity index is 710. The molecule has 2 aromatic carbocycles. The van der Waals surface area contributed by atoms with E-state index >= 15 is 0 Å². The number of aryl methyl sites for hydroxylation is 2. The van der Waals surface area contributed by atoms with E-state index in [-0.39, 0.29) is 6.04 Å². The van der Waals surface area contributed by atoms with Gasteiger partial charge in [-0.15, -0.1) is 0 Å². The molecule has 1 N–H and O–H groups in total. The Balaban J connectivity index is 2.19. The number of hydrogen-bond donors (Lipinski definition) is 1. The number of methoxy groups -OCH3 is 4. The van der Waals surface area contributed by atoms with Gasteiger partial charge in [-0.2, -0.15) is 0 Å². The first-order chi connectivity index (χ1) is 12.4. The monoisotopic (exact) mass is 359 g/mol. The average molecular weight is 359 g/mol. The zero-order valence-electron chi connectivity index (χ0n) is 16.7. The first-order valence-electron chi connectivity index (χ1n) is 8.62. The number of hydrogen-bond acceptors (Lipinski definition) is 5. The summed E-state index contributed by atoms with van der Waals surface area (Å²) in [5.74, 6) is 2.87. The van der Waals surface area contributed by atoms with Crippen molar-refractivity contribution < 1.29 is 18.9 Å². The van der Waals surface area contributed by atoms with Gasteiger partial charge in [0, 0.05) is 12.6 Å². The summed E-state index contributed by atoms with van der Waals surface area (Å²) in [6.45, 7) is 7.00. The highest BCUT2D eigenvalue weighted by atomic mass is 16.5. The zero-order valence-corrected chi connectivity index (χ0v) is 16.7. The highest BCUT2D eigenvalue weighted by molar-refractivity contribution is 5.54. The minimum absolute atomic E-state index is 0.117. The van der Waals surface area contributed by atoms with Crippen molar-refractivity contribution in [1.29, 1.82) is 0 Å². The fourth-order valence-electron chi connectivity index (χ4n) is 3.20. The van der Waals surface area contributed by atoms with Crippen LogP contribution in [0.2, 0.25) is 0 Å². The third kappa shape index (κ3) is 4.22. The summed E-state index contributed by atoms with van der Waals surface area (Å²) in [7, 11) is 6.57. The minimum Gasteiger partial charge on any atom is -0.496 e. The highest BCUT2D eigenvalue weighted by Crippen LogP contribution is 2.39. The Kier molecular flexibility index (Phi) is 6.75. The van der Waals surface area contributed by atoms with Crippen LogP contribution < -0.4 is 24.3 Å². The van der Waals surface area contributed by atoms with Crippen LogP contribution in [-0.2, 0) is 6.54 Å². The maximum absolute atomic E-state index is 5.44. The van der Waals surface area contributed by atoms with Crippen LogP contribution in [0.1, 0.15) is 35.2 Å². The summed E-state index contributed by atoms with van der Waals surface area (Å²) in [4.78, 5) is 0. The third-order valence-corrected chi connectivity index (χ3v) is 4.52. The summed E-state index contributed by atoms with van der Waals surface area (Å²) < 4.78 is 21.7. The summed E-state index contributed by atoms with van der Waals surface area (Å²) in [6, 6.07) is 8.38. The molecule has 0 radical (unpaired) electrons. The van der Waals surface area contributed by atoms with E-state index in [1.54, 1.807) is 28.4 Å². The van der Waals surface area contributed by atoms with Crippen molar-refractivity contribution in [1.82, 2.24) is 5.32 Å². The van der Waals surface area contributed by atoms with Crippen LogP contribution in [0.3, 0.4) is 0 Å². The average Bonchev–Trinajstić information content (AvgIpc) is 2.64. The lowest BCUT2D eigenvalue weighted by Crippen LogP contribution is -2.18. The number of nitrogens with one attached hydrogen (secondary N) is 1. The van der Waals surface area contributed by atoms with Gasteiger partial charge in [0.2, 0.25) is 5.75 Å². The Morgan fingerprint density at radius 1 is 0.769 bits per heavy atom. The van der Waals surface area contributed by atoms with E-state index in [4.69, 9.17) is 18.9 Å². The minimum atomic E-state index is 0.117. The van der Waals surface area contributed by atoms with Crippen LogP contribution in [0.5, 0.6) is 23.0 Å². The Hall–Kier alpha value is -2.40. The van der Waals surface area contributed by atoms with E-state index in [1.165, 1.54) is 5.56 Å². The Labute approximate surface area is 156 Å². The molecule has 2 rings (SSSR count). The molecule has 0 aliphatic carbocycles.